The summed E-state index contributed by atoms with van der Waals surface area (Å²) in [5.74, 6) is 0.218. The Kier molecular flexibility index (Phi) is 2.77. The first kappa shape index (κ1) is 12.0. The maximum Gasteiger partial charge on any atom is 0.256 e. The van der Waals surface area contributed by atoms with Crippen molar-refractivity contribution >= 4 is 16.8 Å². The van der Waals surface area contributed by atoms with Crippen LogP contribution in [0.2, 0.25) is 0 Å². The van der Waals surface area contributed by atoms with Crippen LogP contribution in [0.4, 0.5) is 0 Å². The van der Waals surface area contributed by atoms with Crippen LogP contribution in [-0.2, 0) is 6.42 Å². The quantitative estimate of drug-likeness (QED) is 0.831. The molecule has 20 heavy (non-hydrogen) atoms. The standard InChI is InChI=1S/C16H19N3O/c20-16-15-12-3-1-2-4-13(12)18-14(15)7-10-19(16)11-5-8-17-9-6-11/h1-4,11,17-18H,5-10H2. The van der Waals surface area contributed by atoms with Crippen molar-refractivity contribution in [1.29, 1.82) is 0 Å². The van der Waals surface area contributed by atoms with Crippen LogP contribution in [0.5, 0.6) is 0 Å². The van der Waals surface area contributed by atoms with E-state index < -0.39 is 0 Å². The third-order valence-corrected chi connectivity index (χ3v) is 4.61. The van der Waals surface area contributed by atoms with Crippen LogP contribution in [0.1, 0.15) is 28.9 Å². The van der Waals surface area contributed by atoms with Crippen molar-refractivity contribution < 1.29 is 4.79 Å². The van der Waals surface area contributed by atoms with E-state index in [-0.39, 0.29) is 5.91 Å². The molecule has 2 aliphatic rings. The van der Waals surface area contributed by atoms with Gasteiger partial charge in [-0.05, 0) is 32.0 Å². The highest BCUT2D eigenvalue weighted by molar-refractivity contribution is 6.09. The lowest BCUT2D eigenvalue weighted by Gasteiger charge is -2.37. The Hall–Kier alpha value is -1.81. The van der Waals surface area contributed by atoms with Crippen molar-refractivity contribution in [3.63, 3.8) is 0 Å². The molecule has 1 aromatic carbocycles. The fraction of sp³-hybridized carbons (Fsp3) is 0.438. The van der Waals surface area contributed by atoms with Crippen molar-refractivity contribution in [2.24, 2.45) is 0 Å². The van der Waals surface area contributed by atoms with Gasteiger partial charge in [0.15, 0.2) is 0 Å². The molecule has 0 radical (unpaired) electrons. The second kappa shape index (κ2) is 4.63. The number of nitrogens with one attached hydrogen (secondary N) is 2. The van der Waals surface area contributed by atoms with Gasteiger partial charge in [-0.2, -0.15) is 0 Å². The normalized spacial score (nSPS) is 20.4. The van der Waals surface area contributed by atoms with E-state index in [0.717, 1.165) is 61.1 Å². The molecule has 0 aliphatic carbocycles. The summed E-state index contributed by atoms with van der Waals surface area (Å²) >= 11 is 0. The van der Waals surface area contributed by atoms with Crippen molar-refractivity contribution in [2.45, 2.75) is 25.3 Å². The van der Waals surface area contributed by atoms with Crippen LogP contribution < -0.4 is 5.32 Å². The van der Waals surface area contributed by atoms with Gasteiger partial charge in [0.05, 0.1) is 5.56 Å². The predicted molar refractivity (Wildman–Crippen MR) is 78.9 cm³/mol. The third kappa shape index (κ3) is 1.75. The second-order valence-corrected chi connectivity index (χ2v) is 5.75. The van der Waals surface area contributed by atoms with Gasteiger partial charge >= 0.3 is 0 Å². The summed E-state index contributed by atoms with van der Waals surface area (Å²) in [5, 5.41) is 4.44. The lowest BCUT2D eigenvalue weighted by atomic mass is 9.98. The minimum absolute atomic E-state index is 0.218. The molecule has 0 unspecified atom stereocenters. The van der Waals surface area contributed by atoms with Gasteiger partial charge < -0.3 is 15.2 Å². The molecule has 1 saturated heterocycles. The van der Waals surface area contributed by atoms with Gasteiger partial charge in [-0.3, -0.25) is 4.79 Å². The van der Waals surface area contributed by atoms with E-state index in [1.54, 1.807) is 0 Å². The first-order valence-corrected chi connectivity index (χ1v) is 7.46. The summed E-state index contributed by atoms with van der Waals surface area (Å²) in [4.78, 5) is 18.4. The zero-order valence-corrected chi connectivity index (χ0v) is 11.5. The highest BCUT2D eigenvalue weighted by atomic mass is 16.2. The minimum atomic E-state index is 0.218. The lowest BCUT2D eigenvalue weighted by Crippen LogP contribution is -2.48. The van der Waals surface area contributed by atoms with Gasteiger partial charge in [0, 0.05) is 35.6 Å². The van der Waals surface area contributed by atoms with Crippen molar-refractivity contribution in [1.82, 2.24) is 15.2 Å². The molecule has 0 bridgehead atoms. The number of H-pyrrole nitrogens is 1. The SMILES string of the molecule is O=C1c2c([nH]c3ccccc23)CCN1C1CCNCC1. The minimum Gasteiger partial charge on any atom is -0.358 e. The van der Waals surface area contributed by atoms with E-state index in [4.69, 9.17) is 0 Å². The smallest absolute Gasteiger partial charge is 0.256 e. The summed E-state index contributed by atoms with van der Waals surface area (Å²) in [6.07, 6.45) is 3.09. The zero-order valence-electron chi connectivity index (χ0n) is 11.5. The number of amides is 1. The molecule has 1 amide bonds. The van der Waals surface area contributed by atoms with Gasteiger partial charge in [-0.1, -0.05) is 18.2 Å². The number of aromatic amines is 1. The Morgan fingerprint density at radius 2 is 1.95 bits per heavy atom. The Morgan fingerprint density at radius 3 is 2.80 bits per heavy atom. The van der Waals surface area contributed by atoms with E-state index in [1.165, 1.54) is 0 Å². The Balaban J connectivity index is 1.74. The Bertz CT molecular complexity index is 655. The molecule has 3 heterocycles. The van der Waals surface area contributed by atoms with Gasteiger partial charge in [0.2, 0.25) is 0 Å². The van der Waals surface area contributed by atoms with Gasteiger partial charge in [-0.15, -0.1) is 0 Å². The zero-order chi connectivity index (χ0) is 13.5. The fourth-order valence-electron chi connectivity index (χ4n) is 3.57. The molecule has 1 aromatic heterocycles. The van der Waals surface area contributed by atoms with Crippen molar-refractivity contribution in [2.75, 3.05) is 19.6 Å². The molecule has 4 nitrogen and oxygen atoms in total. The predicted octanol–water partition coefficient (Wildman–Crippen LogP) is 1.92. The largest absolute Gasteiger partial charge is 0.358 e. The summed E-state index contributed by atoms with van der Waals surface area (Å²) < 4.78 is 0. The number of para-hydroxylation sites is 1. The maximum absolute atomic E-state index is 12.9. The molecule has 104 valence electrons. The van der Waals surface area contributed by atoms with Crippen molar-refractivity contribution in [3.05, 3.63) is 35.5 Å². The van der Waals surface area contributed by atoms with E-state index in [9.17, 15) is 4.79 Å². The van der Waals surface area contributed by atoms with E-state index in [1.807, 2.05) is 12.1 Å². The summed E-state index contributed by atoms with van der Waals surface area (Å²) in [5.41, 5.74) is 3.10. The second-order valence-electron chi connectivity index (χ2n) is 5.75. The molecule has 2 aliphatic heterocycles. The number of carbonyl (C=O) groups is 1. The molecule has 2 aromatic rings. The van der Waals surface area contributed by atoms with E-state index in [2.05, 4.69) is 27.3 Å². The molecular weight excluding hydrogens is 250 g/mol. The number of fused-ring (bicyclic) bond motifs is 3. The molecular formula is C16H19N3O. The average Bonchev–Trinajstić information content (AvgIpc) is 2.88. The number of benzene rings is 1. The van der Waals surface area contributed by atoms with Crippen LogP contribution >= 0.6 is 0 Å². The van der Waals surface area contributed by atoms with Crippen molar-refractivity contribution in [3.8, 4) is 0 Å². The molecule has 0 saturated carbocycles. The van der Waals surface area contributed by atoms with Crippen LogP contribution in [0, 0.1) is 0 Å². The molecule has 2 N–H and O–H groups in total. The number of hydrogen-bond donors (Lipinski definition) is 2. The molecule has 0 atom stereocenters. The van der Waals surface area contributed by atoms with Crippen LogP contribution in [0.25, 0.3) is 10.9 Å². The van der Waals surface area contributed by atoms with Gasteiger partial charge in [0.1, 0.15) is 0 Å². The maximum atomic E-state index is 12.9. The Labute approximate surface area is 118 Å². The monoisotopic (exact) mass is 269 g/mol. The van der Waals surface area contributed by atoms with Crippen LogP contribution in [0.3, 0.4) is 0 Å². The summed E-state index contributed by atoms with van der Waals surface area (Å²) in [7, 11) is 0. The number of hydrogen-bond acceptors (Lipinski definition) is 2. The van der Waals surface area contributed by atoms with Gasteiger partial charge in [-0.25, -0.2) is 0 Å². The third-order valence-electron chi connectivity index (χ3n) is 4.61. The summed E-state index contributed by atoms with van der Waals surface area (Å²) in [6, 6.07) is 8.53. The van der Waals surface area contributed by atoms with Gasteiger partial charge in [0.25, 0.3) is 5.91 Å². The lowest BCUT2D eigenvalue weighted by molar-refractivity contribution is 0.0625. The number of carbonyl (C=O) groups excluding carboxylic acids is 1. The molecule has 1 fully saturated rings. The number of rotatable bonds is 1. The number of aromatic nitrogens is 1. The molecule has 0 spiro atoms. The average molecular weight is 269 g/mol. The summed E-state index contributed by atoms with van der Waals surface area (Å²) in [6.45, 7) is 2.90. The highest BCUT2D eigenvalue weighted by Gasteiger charge is 2.32. The molecule has 4 heteroatoms. The Morgan fingerprint density at radius 1 is 1.15 bits per heavy atom. The fourth-order valence-corrected chi connectivity index (χ4v) is 3.57. The number of piperidine rings is 1. The van der Waals surface area contributed by atoms with Crippen LogP contribution in [0.15, 0.2) is 24.3 Å². The molecule has 4 rings (SSSR count). The highest BCUT2D eigenvalue weighted by Crippen LogP contribution is 2.29. The topological polar surface area (TPSA) is 48.1 Å². The number of nitrogens with zero attached hydrogens (tertiary/aromatic N) is 1. The first-order valence-electron chi connectivity index (χ1n) is 7.46. The van der Waals surface area contributed by atoms with E-state index >= 15 is 0 Å². The first-order chi connectivity index (χ1) is 9.84. The van der Waals surface area contributed by atoms with Crippen LogP contribution in [-0.4, -0.2) is 41.5 Å². The van der Waals surface area contributed by atoms with E-state index in [0.29, 0.717) is 6.04 Å².